The van der Waals surface area contributed by atoms with Gasteiger partial charge in [0, 0.05) is 0 Å². The largest absolute Gasteiger partial charge is 0.0837 e. The summed E-state index contributed by atoms with van der Waals surface area (Å²) in [6.07, 6.45) is 5.65. The Balaban J connectivity index is 2.34. The molecular formula is C16H18. The molecule has 2 aromatic rings. The summed E-state index contributed by atoms with van der Waals surface area (Å²) in [5.41, 5.74) is 1.32. The fraction of sp³-hybridized carbons (Fsp3) is 0.250. The van der Waals surface area contributed by atoms with E-state index in [9.17, 15) is 0 Å². The lowest BCUT2D eigenvalue weighted by atomic mass is 10.0. The second kappa shape index (κ2) is 4.98. The molecule has 0 aliphatic heterocycles. The van der Waals surface area contributed by atoms with Crippen LogP contribution < -0.4 is 0 Å². The standard InChI is InChI=1S/C16H18/c1-13(2)7-5-9-15-11-6-10-14-8-3-4-12-16(14)15/h3-6,8-13H,7H2,1-2H3/b9-5+. The van der Waals surface area contributed by atoms with Gasteiger partial charge in [0.05, 0.1) is 0 Å². The van der Waals surface area contributed by atoms with Gasteiger partial charge in [0.15, 0.2) is 0 Å². The smallest absolute Gasteiger partial charge is 0.0112 e. The summed E-state index contributed by atoms with van der Waals surface area (Å²) < 4.78 is 0. The zero-order valence-electron chi connectivity index (χ0n) is 9.98. The third-order valence-corrected chi connectivity index (χ3v) is 2.73. The molecule has 82 valence electrons. The molecule has 0 fully saturated rings. The quantitative estimate of drug-likeness (QED) is 0.676. The topological polar surface area (TPSA) is 0 Å². The summed E-state index contributed by atoms with van der Waals surface area (Å²) >= 11 is 0. The monoisotopic (exact) mass is 210 g/mol. The van der Waals surface area contributed by atoms with Crippen LogP contribution in [0.3, 0.4) is 0 Å². The van der Waals surface area contributed by atoms with Gasteiger partial charge in [-0.15, -0.1) is 0 Å². The predicted octanol–water partition coefficient (Wildman–Crippen LogP) is 4.90. The average Bonchev–Trinajstić information content (AvgIpc) is 2.29. The molecular weight excluding hydrogens is 192 g/mol. The van der Waals surface area contributed by atoms with Crippen LogP contribution in [-0.4, -0.2) is 0 Å². The number of hydrogen-bond donors (Lipinski definition) is 0. The second-order valence-corrected chi connectivity index (χ2v) is 4.60. The van der Waals surface area contributed by atoms with E-state index in [1.54, 1.807) is 0 Å². The maximum atomic E-state index is 2.27. The summed E-state index contributed by atoms with van der Waals surface area (Å²) in [4.78, 5) is 0. The molecule has 2 rings (SSSR count). The molecule has 0 nitrogen and oxygen atoms in total. The van der Waals surface area contributed by atoms with Crippen LogP contribution in [0, 0.1) is 5.92 Å². The van der Waals surface area contributed by atoms with Crippen molar-refractivity contribution in [1.82, 2.24) is 0 Å². The van der Waals surface area contributed by atoms with Crippen molar-refractivity contribution in [2.45, 2.75) is 20.3 Å². The summed E-state index contributed by atoms with van der Waals surface area (Å²) in [6.45, 7) is 4.49. The molecule has 0 heterocycles. The molecule has 2 aromatic carbocycles. The van der Waals surface area contributed by atoms with Gasteiger partial charge in [0.25, 0.3) is 0 Å². The van der Waals surface area contributed by atoms with E-state index >= 15 is 0 Å². The van der Waals surface area contributed by atoms with Crippen LogP contribution in [0.5, 0.6) is 0 Å². The molecule has 0 amide bonds. The Kier molecular flexibility index (Phi) is 3.40. The first-order valence-electron chi connectivity index (χ1n) is 5.91. The minimum Gasteiger partial charge on any atom is -0.0837 e. The first-order chi connectivity index (χ1) is 7.77. The lowest BCUT2D eigenvalue weighted by Gasteiger charge is -2.02. The number of hydrogen-bond acceptors (Lipinski definition) is 0. The molecule has 0 unspecified atom stereocenters. The van der Waals surface area contributed by atoms with Crippen LogP contribution in [0.25, 0.3) is 16.8 Å². The molecule has 0 spiro atoms. The molecule has 0 atom stereocenters. The Morgan fingerprint density at radius 1 is 1.00 bits per heavy atom. The SMILES string of the molecule is CC(C)C/C=C/c1cccc2ccccc12. The normalized spacial score (nSPS) is 11.7. The van der Waals surface area contributed by atoms with Crippen LogP contribution in [0.4, 0.5) is 0 Å². The summed E-state index contributed by atoms with van der Waals surface area (Å²) in [5.74, 6) is 0.728. The lowest BCUT2D eigenvalue weighted by Crippen LogP contribution is -1.82. The molecule has 16 heavy (non-hydrogen) atoms. The molecule has 0 aliphatic rings. The van der Waals surface area contributed by atoms with Gasteiger partial charge in [-0.25, -0.2) is 0 Å². The molecule has 0 aromatic heterocycles. The van der Waals surface area contributed by atoms with Crippen LogP contribution in [0.2, 0.25) is 0 Å². The number of rotatable bonds is 3. The van der Waals surface area contributed by atoms with Crippen molar-refractivity contribution in [2.24, 2.45) is 5.92 Å². The number of benzene rings is 2. The van der Waals surface area contributed by atoms with E-state index in [0.717, 1.165) is 12.3 Å². The summed E-state index contributed by atoms with van der Waals surface area (Å²) in [6, 6.07) is 15.0. The van der Waals surface area contributed by atoms with E-state index in [1.807, 2.05) is 0 Å². The van der Waals surface area contributed by atoms with Crippen molar-refractivity contribution in [1.29, 1.82) is 0 Å². The minimum absolute atomic E-state index is 0.728. The highest BCUT2D eigenvalue weighted by atomic mass is 14.0. The van der Waals surface area contributed by atoms with Gasteiger partial charge in [-0.2, -0.15) is 0 Å². The third-order valence-electron chi connectivity index (χ3n) is 2.73. The van der Waals surface area contributed by atoms with Gasteiger partial charge < -0.3 is 0 Å². The Morgan fingerprint density at radius 3 is 2.56 bits per heavy atom. The fourth-order valence-corrected chi connectivity index (χ4v) is 1.86. The molecule has 0 radical (unpaired) electrons. The molecule has 0 saturated heterocycles. The predicted molar refractivity (Wildman–Crippen MR) is 72.4 cm³/mol. The van der Waals surface area contributed by atoms with Crippen molar-refractivity contribution in [3.63, 3.8) is 0 Å². The van der Waals surface area contributed by atoms with Crippen LogP contribution in [0.1, 0.15) is 25.8 Å². The van der Waals surface area contributed by atoms with Gasteiger partial charge in [-0.05, 0) is 28.7 Å². The van der Waals surface area contributed by atoms with Crippen molar-refractivity contribution in [3.8, 4) is 0 Å². The third kappa shape index (κ3) is 2.52. The van der Waals surface area contributed by atoms with Gasteiger partial charge in [0.2, 0.25) is 0 Å². The highest BCUT2D eigenvalue weighted by Crippen LogP contribution is 2.20. The van der Waals surface area contributed by atoms with Crippen LogP contribution in [-0.2, 0) is 0 Å². The van der Waals surface area contributed by atoms with Gasteiger partial charge in [-0.3, -0.25) is 0 Å². The van der Waals surface area contributed by atoms with E-state index in [0.29, 0.717) is 0 Å². The highest BCUT2D eigenvalue weighted by molar-refractivity contribution is 5.90. The Morgan fingerprint density at radius 2 is 1.75 bits per heavy atom. The van der Waals surface area contributed by atoms with Gasteiger partial charge >= 0.3 is 0 Å². The van der Waals surface area contributed by atoms with E-state index < -0.39 is 0 Å². The molecule has 0 aliphatic carbocycles. The summed E-state index contributed by atoms with van der Waals surface area (Å²) in [5, 5.41) is 2.65. The van der Waals surface area contributed by atoms with E-state index in [4.69, 9.17) is 0 Å². The molecule has 0 saturated carbocycles. The minimum atomic E-state index is 0.728. The van der Waals surface area contributed by atoms with Crippen molar-refractivity contribution in [2.75, 3.05) is 0 Å². The number of allylic oxidation sites excluding steroid dienone is 1. The number of fused-ring (bicyclic) bond motifs is 1. The second-order valence-electron chi connectivity index (χ2n) is 4.60. The first kappa shape index (κ1) is 10.9. The maximum Gasteiger partial charge on any atom is -0.0112 e. The Labute approximate surface area is 97.6 Å². The first-order valence-corrected chi connectivity index (χ1v) is 5.91. The van der Waals surface area contributed by atoms with E-state index in [1.165, 1.54) is 16.3 Å². The zero-order valence-corrected chi connectivity index (χ0v) is 9.98. The molecule has 0 bridgehead atoms. The zero-order chi connectivity index (χ0) is 11.4. The van der Waals surface area contributed by atoms with E-state index in [2.05, 4.69) is 68.5 Å². The maximum absolute atomic E-state index is 2.27. The average molecular weight is 210 g/mol. The van der Waals surface area contributed by atoms with Gasteiger partial charge in [-0.1, -0.05) is 68.5 Å². The van der Waals surface area contributed by atoms with Crippen LogP contribution in [0.15, 0.2) is 48.5 Å². The van der Waals surface area contributed by atoms with Crippen molar-refractivity contribution in [3.05, 3.63) is 54.1 Å². The molecule has 0 N–H and O–H groups in total. The highest BCUT2D eigenvalue weighted by Gasteiger charge is 1.96. The molecule has 0 heteroatoms. The van der Waals surface area contributed by atoms with Gasteiger partial charge in [0.1, 0.15) is 0 Å². The Bertz CT molecular complexity index is 487. The summed E-state index contributed by atoms with van der Waals surface area (Å²) in [7, 11) is 0. The van der Waals surface area contributed by atoms with Crippen molar-refractivity contribution >= 4 is 16.8 Å². The lowest BCUT2D eigenvalue weighted by molar-refractivity contribution is 0.665. The van der Waals surface area contributed by atoms with E-state index in [-0.39, 0.29) is 0 Å². The Hall–Kier alpha value is -1.56. The van der Waals surface area contributed by atoms with Crippen molar-refractivity contribution < 1.29 is 0 Å². The van der Waals surface area contributed by atoms with Crippen LogP contribution >= 0.6 is 0 Å². The fourth-order valence-electron chi connectivity index (χ4n) is 1.86.